The summed E-state index contributed by atoms with van der Waals surface area (Å²) in [6.45, 7) is 3.93. The van der Waals surface area contributed by atoms with Crippen LogP contribution in [-0.2, 0) is 4.79 Å². The molecular formula is C19H20BrN7OS. The number of rotatable bonds is 7. The van der Waals surface area contributed by atoms with E-state index in [0.29, 0.717) is 5.16 Å². The minimum Gasteiger partial charge on any atom is -0.334 e. The van der Waals surface area contributed by atoms with Crippen LogP contribution in [0.5, 0.6) is 0 Å². The number of nitrogens with zero attached hydrogens (tertiary/aromatic N) is 4. The summed E-state index contributed by atoms with van der Waals surface area (Å²) in [6, 6.07) is 13.6. The van der Waals surface area contributed by atoms with Crippen LogP contribution in [0, 0.1) is 13.8 Å². The average molecular weight is 474 g/mol. The number of thioether (sulfide) groups is 1. The Balaban J connectivity index is 1.55. The number of nitrogens with one attached hydrogen (secondary N) is 2. The molecule has 10 heteroatoms. The van der Waals surface area contributed by atoms with Gasteiger partial charge in [-0.25, -0.2) is 10.1 Å². The standard InChI is InChI=1S/C19H20BrN7OS/c1-12-6-7-13(2)16(8-12)23-17(28)11-29-19-26-25-18(27(19)21)24-22-10-14-4-3-5-15(20)9-14/h3-10H,11,21H2,1-2H3,(H,23,28)(H,24,25)/b22-10+. The van der Waals surface area contributed by atoms with Crippen molar-refractivity contribution in [2.75, 3.05) is 22.3 Å². The summed E-state index contributed by atoms with van der Waals surface area (Å²) >= 11 is 4.60. The number of hydrogen-bond acceptors (Lipinski definition) is 7. The Morgan fingerprint density at radius 1 is 1.28 bits per heavy atom. The predicted octanol–water partition coefficient (Wildman–Crippen LogP) is 3.55. The highest BCUT2D eigenvalue weighted by Gasteiger charge is 2.12. The van der Waals surface area contributed by atoms with Crippen LogP contribution in [-0.4, -0.2) is 32.7 Å². The Morgan fingerprint density at radius 2 is 2.10 bits per heavy atom. The van der Waals surface area contributed by atoms with Gasteiger partial charge in [-0.3, -0.25) is 4.79 Å². The smallest absolute Gasteiger partial charge is 0.264 e. The first-order valence-electron chi connectivity index (χ1n) is 8.67. The second kappa shape index (κ2) is 9.57. The van der Waals surface area contributed by atoms with Crippen LogP contribution in [0.15, 0.2) is 57.2 Å². The van der Waals surface area contributed by atoms with Gasteiger partial charge in [-0.15, -0.1) is 10.2 Å². The number of aromatic nitrogens is 3. The fourth-order valence-corrected chi connectivity index (χ4v) is 3.46. The molecule has 1 amide bonds. The Labute approximate surface area is 181 Å². The molecule has 0 aliphatic carbocycles. The third kappa shape index (κ3) is 5.81. The molecule has 8 nitrogen and oxygen atoms in total. The van der Waals surface area contributed by atoms with Crippen molar-refractivity contribution in [3.63, 3.8) is 0 Å². The molecule has 0 radical (unpaired) electrons. The van der Waals surface area contributed by atoms with Gasteiger partial charge in [-0.05, 0) is 48.7 Å². The third-order valence-corrected chi connectivity index (χ3v) is 5.33. The molecule has 4 N–H and O–H groups in total. The first-order valence-corrected chi connectivity index (χ1v) is 10.5. The lowest BCUT2D eigenvalue weighted by atomic mass is 10.1. The molecule has 0 aliphatic rings. The lowest BCUT2D eigenvalue weighted by molar-refractivity contribution is -0.113. The number of hydrogen-bond donors (Lipinski definition) is 3. The summed E-state index contributed by atoms with van der Waals surface area (Å²) in [7, 11) is 0. The number of amides is 1. The summed E-state index contributed by atoms with van der Waals surface area (Å²) in [5.74, 6) is 6.27. The fourth-order valence-electron chi connectivity index (χ4n) is 2.39. The second-order valence-electron chi connectivity index (χ2n) is 6.26. The normalized spacial score (nSPS) is 11.0. The number of hydrazone groups is 1. The van der Waals surface area contributed by atoms with Gasteiger partial charge in [0, 0.05) is 10.2 Å². The van der Waals surface area contributed by atoms with Crippen molar-refractivity contribution in [3.05, 3.63) is 63.6 Å². The lowest BCUT2D eigenvalue weighted by Gasteiger charge is -2.09. The molecule has 0 saturated heterocycles. The zero-order valence-electron chi connectivity index (χ0n) is 15.9. The fraction of sp³-hybridized carbons (Fsp3) is 0.158. The first kappa shape index (κ1) is 20.9. The molecule has 3 rings (SSSR count). The minimum atomic E-state index is -0.145. The summed E-state index contributed by atoms with van der Waals surface area (Å²) in [5.41, 5.74) is 6.55. The summed E-state index contributed by atoms with van der Waals surface area (Å²) in [4.78, 5) is 12.3. The molecule has 1 heterocycles. The Bertz CT molecular complexity index is 1050. The SMILES string of the molecule is Cc1ccc(C)c(NC(=O)CSc2nnc(N/N=C/c3cccc(Br)c3)n2N)c1. The molecule has 0 saturated carbocycles. The van der Waals surface area contributed by atoms with E-state index in [1.807, 2.05) is 56.3 Å². The number of aryl methyl sites for hydroxylation is 2. The van der Waals surface area contributed by atoms with Crippen molar-refractivity contribution >= 4 is 51.4 Å². The van der Waals surface area contributed by atoms with Crippen molar-refractivity contribution < 1.29 is 4.79 Å². The Kier molecular flexibility index (Phi) is 6.89. The van der Waals surface area contributed by atoms with Crippen LogP contribution in [0.1, 0.15) is 16.7 Å². The van der Waals surface area contributed by atoms with Gasteiger partial charge in [-0.1, -0.05) is 52.0 Å². The van der Waals surface area contributed by atoms with Crippen molar-refractivity contribution in [2.24, 2.45) is 5.10 Å². The number of nitrogen functional groups attached to an aromatic ring is 1. The van der Waals surface area contributed by atoms with E-state index in [4.69, 9.17) is 5.84 Å². The molecule has 0 atom stereocenters. The second-order valence-corrected chi connectivity index (χ2v) is 8.11. The van der Waals surface area contributed by atoms with E-state index in [1.54, 1.807) is 6.21 Å². The zero-order chi connectivity index (χ0) is 20.8. The molecule has 0 bridgehead atoms. The molecule has 2 aromatic carbocycles. The number of halogens is 1. The van der Waals surface area contributed by atoms with E-state index in [9.17, 15) is 4.79 Å². The van der Waals surface area contributed by atoms with Gasteiger partial charge in [0.25, 0.3) is 5.95 Å². The van der Waals surface area contributed by atoms with E-state index in [2.05, 4.69) is 42.0 Å². The van der Waals surface area contributed by atoms with Gasteiger partial charge in [0.2, 0.25) is 11.1 Å². The molecule has 0 spiro atoms. The number of nitrogens with two attached hydrogens (primary N) is 1. The first-order chi connectivity index (χ1) is 13.9. The van der Waals surface area contributed by atoms with Crippen LogP contribution >= 0.6 is 27.7 Å². The third-order valence-electron chi connectivity index (χ3n) is 3.89. The Hall–Kier alpha value is -2.85. The van der Waals surface area contributed by atoms with Gasteiger partial charge in [0.05, 0.1) is 12.0 Å². The van der Waals surface area contributed by atoms with Gasteiger partial charge < -0.3 is 11.2 Å². The van der Waals surface area contributed by atoms with Crippen molar-refractivity contribution in [3.8, 4) is 0 Å². The zero-order valence-corrected chi connectivity index (χ0v) is 18.3. The highest BCUT2D eigenvalue weighted by atomic mass is 79.9. The van der Waals surface area contributed by atoms with E-state index in [0.717, 1.165) is 26.9 Å². The van der Waals surface area contributed by atoms with Crippen LogP contribution < -0.4 is 16.6 Å². The van der Waals surface area contributed by atoms with Crippen molar-refractivity contribution in [1.29, 1.82) is 0 Å². The minimum absolute atomic E-state index is 0.145. The van der Waals surface area contributed by atoms with Crippen LogP contribution in [0.25, 0.3) is 0 Å². The summed E-state index contributed by atoms with van der Waals surface area (Å²) < 4.78 is 2.22. The highest BCUT2D eigenvalue weighted by Crippen LogP contribution is 2.19. The number of carbonyl (C=O) groups is 1. The molecule has 150 valence electrons. The molecular weight excluding hydrogens is 454 g/mol. The van der Waals surface area contributed by atoms with Crippen molar-refractivity contribution in [1.82, 2.24) is 14.9 Å². The number of anilines is 2. The largest absolute Gasteiger partial charge is 0.334 e. The van der Waals surface area contributed by atoms with Gasteiger partial charge >= 0.3 is 0 Å². The predicted molar refractivity (Wildman–Crippen MR) is 121 cm³/mol. The molecule has 0 fully saturated rings. The van der Waals surface area contributed by atoms with Gasteiger partial charge in [0.1, 0.15) is 0 Å². The van der Waals surface area contributed by atoms with E-state index in [-0.39, 0.29) is 17.6 Å². The average Bonchev–Trinajstić information content (AvgIpc) is 3.03. The molecule has 1 aromatic heterocycles. The topological polar surface area (TPSA) is 110 Å². The lowest BCUT2D eigenvalue weighted by Crippen LogP contribution is -2.17. The van der Waals surface area contributed by atoms with Gasteiger partial charge in [0.15, 0.2) is 0 Å². The number of benzene rings is 2. The molecule has 29 heavy (non-hydrogen) atoms. The van der Waals surface area contributed by atoms with Crippen LogP contribution in [0.2, 0.25) is 0 Å². The van der Waals surface area contributed by atoms with Crippen molar-refractivity contribution in [2.45, 2.75) is 19.0 Å². The maximum Gasteiger partial charge on any atom is 0.264 e. The highest BCUT2D eigenvalue weighted by molar-refractivity contribution is 9.10. The Morgan fingerprint density at radius 3 is 2.90 bits per heavy atom. The summed E-state index contributed by atoms with van der Waals surface area (Å²) in [5, 5.41) is 15.4. The number of carbonyl (C=O) groups excluding carboxylic acids is 1. The van der Waals surface area contributed by atoms with E-state index < -0.39 is 0 Å². The molecule has 0 unspecified atom stereocenters. The summed E-state index contributed by atoms with van der Waals surface area (Å²) in [6.07, 6.45) is 1.64. The van der Waals surface area contributed by atoms with Crippen LogP contribution in [0.4, 0.5) is 11.6 Å². The van der Waals surface area contributed by atoms with E-state index in [1.165, 1.54) is 16.4 Å². The van der Waals surface area contributed by atoms with Gasteiger partial charge in [-0.2, -0.15) is 5.10 Å². The maximum absolute atomic E-state index is 12.3. The quantitative estimate of drug-likeness (QED) is 0.209. The van der Waals surface area contributed by atoms with Crippen LogP contribution in [0.3, 0.4) is 0 Å². The molecule has 0 aliphatic heterocycles. The maximum atomic E-state index is 12.3. The molecule has 3 aromatic rings. The van der Waals surface area contributed by atoms with E-state index >= 15 is 0 Å². The monoisotopic (exact) mass is 473 g/mol.